The Hall–Kier alpha value is -10.2. The number of carboxylic acids is 2. The van der Waals surface area contributed by atoms with Crippen LogP contribution in [0.15, 0.2) is 57.9 Å². The van der Waals surface area contributed by atoms with Crippen LogP contribution in [0.1, 0.15) is 61.5 Å². The van der Waals surface area contributed by atoms with E-state index in [1.54, 1.807) is 4.90 Å². The number of aliphatic carboxylic acids is 2. The minimum atomic E-state index is -1.64. The number of piperazine rings is 1. The number of imide groups is 1. The molecule has 8 amide bonds. The minimum Gasteiger partial charge on any atom is -0.492 e. The molecular weight excluding hydrogens is 1170 g/mol. The number of carbonyl (C=O) groups is 12. The number of aromatic amines is 1. The third-order valence-electron chi connectivity index (χ3n) is 14.9. The van der Waals surface area contributed by atoms with Gasteiger partial charge in [-0.1, -0.05) is 0 Å². The summed E-state index contributed by atoms with van der Waals surface area (Å²) in [5.41, 5.74) is 16.9. The van der Waals surface area contributed by atoms with Crippen molar-refractivity contribution < 1.29 is 77.2 Å². The zero-order chi connectivity index (χ0) is 63.1. The number of fused-ring (bicyclic) bond motifs is 5. The first-order valence-corrected chi connectivity index (χ1v) is 28.0. The van der Waals surface area contributed by atoms with Gasteiger partial charge in [0.25, 0.3) is 11.5 Å². The number of Topliss-reactive ketones (excluding diaryl/α,β-unsaturated/α-hetero) is 2. The van der Waals surface area contributed by atoms with Crippen LogP contribution >= 0.6 is 11.8 Å². The highest BCUT2D eigenvalue weighted by molar-refractivity contribution is 8.00. The number of primary amides is 1. The van der Waals surface area contributed by atoms with E-state index in [1.807, 2.05) is 0 Å². The van der Waals surface area contributed by atoms with Crippen molar-refractivity contribution in [3.63, 3.8) is 0 Å². The average molecular weight is 1230 g/mol. The van der Waals surface area contributed by atoms with Crippen LogP contribution in [0.4, 0.5) is 16.4 Å². The van der Waals surface area contributed by atoms with Crippen LogP contribution in [-0.2, 0) is 64.0 Å². The first-order chi connectivity index (χ1) is 41.4. The number of anilines is 2. The highest BCUT2D eigenvalue weighted by Gasteiger charge is 2.68. The number of rotatable bonds is 28. The molecular formula is C52H61N17O17S. The van der Waals surface area contributed by atoms with Gasteiger partial charge < -0.3 is 78.6 Å². The lowest BCUT2D eigenvalue weighted by Crippen LogP contribution is -2.51. The molecule has 8 atom stereocenters. The Balaban J connectivity index is 0.777. The molecule has 0 radical (unpaired) electrons. The highest BCUT2D eigenvalue weighted by atomic mass is 32.2. The number of ether oxygens (including phenoxy) is 2. The van der Waals surface area contributed by atoms with E-state index in [9.17, 15) is 72.5 Å². The second-order valence-corrected chi connectivity index (χ2v) is 21.8. The van der Waals surface area contributed by atoms with Crippen molar-refractivity contribution in [2.45, 2.75) is 93.5 Å². The number of aromatic nitrogens is 4. The van der Waals surface area contributed by atoms with Crippen LogP contribution in [-0.4, -0.2) is 209 Å². The van der Waals surface area contributed by atoms with Gasteiger partial charge in [0.05, 0.1) is 61.2 Å². The number of thioether (sulfide) groups is 1. The molecule has 34 nitrogen and oxygen atoms in total. The van der Waals surface area contributed by atoms with Gasteiger partial charge in [-0.25, -0.2) is 24.4 Å². The summed E-state index contributed by atoms with van der Waals surface area (Å²) < 4.78 is 10.3. The molecule has 5 aliphatic rings. The maximum Gasteiger partial charge on any atom is 0.404 e. The summed E-state index contributed by atoms with van der Waals surface area (Å²) in [4.78, 5) is 187. The summed E-state index contributed by atoms with van der Waals surface area (Å²) in [5.74, 6) is -11.2. The van der Waals surface area contributed by atoms with Crippen molar-refractivity contribution in [3.05, 3.63) is 74.7 Å². The minimum absolute atomic E-state index is 0.0160. The lowest BCUT2D eigenvalue weighted by Gasteiger charge is -2.29. The molecule has 3 aromatic rings. The number of carbonyl (C=O) groups excluding carboxylic acids is 10. The van der Waals surface area contributed by atoms with Gasteiger partial charge in [0, 0.05) is 73.0 Å². The molecule has 1 aromatic carbocycles. The Morgan fingerprint density at radius 2 is 1.60 bits per heavy atom. The van der Waals surface area contributed by atoms with Crippen LogP contribution in [0.2, 0.25) is 0 Å². The number of amides is 8. The van der Waals surface area contributed by atoms with Crippen LogP contribution < -0.4 is 54.7 Å². The maximum absolute atomic E-state index is 13.7. The topological polar surface area (TPSA) is 519 Å². The van der Waals surface area contributed by atoms with E-state index in [4.69, 9.17) is 32.1 Å². The number of nitrogens with zero attached hydrogens (tertiary/aromatic N) is 6. The second-order valence-electron chi connectivity index (χ2n) is 20.6. The molecule has 0 spiro atoms. The van der Waals surface area contributed by atoms with E-state index in [2.05, 4.69) is 51.8 Å². The molecule has 2 aromatic heterocycles. The number of guanidine groups is 1. The van der Waals surface area contributed by atoms with Gasteiger partial charge in [0.15, 0.2) is 22.9 Å². The van der Waals surface area contributed by atoms with Crippen molar-refractivity contribution in [2.24, 2.45) is 17.4 Å². The van der Waals surface area contributed by atoms with E-state index in [0.717, 1.165) is 16.7 Å². The Bertz CT molecular complexity index is 3500. The molecule has 87 heavy (non-hydrogen) atoms. The second kappa shape index (κ2) is 26.8. The molecule has 2 unspecified atom stereocenters. The van der Waals surface area contributed by atoms with Crippen molar-refractivity contribution in [3.8, 4) is 0 Å². The molecule has 35 heteroatoms. The predicted molar refractivity (Wildman–Crippen MR) is 301 cm³/mol. The van der Waals surface area contributed by atoms with Gasteiger partial charge >= 0.3 is 18.0 Å². The van der Waals surface area contributed by atoms with Crippen molar-refractivity contribution in [2.75, 3.05) is 56.7 Å². The van der Waals surface area contributed by atoms with Gasteiger partial charge in [-0.3, -0.25) is 63.2 Å². The highest BCUT2D eigenvalue weighted by Crippen LogP contribution is 2.53. The molecule has 6 heterocycles. The molecule has 3 saturated heterocycles. The average Bonchev–Trinajstić information content (AvgIpc) is 1.52. The number of hydrogen-bond acceptors (Lipinski definition) is 23. The molecule has 1 aliphatic carbocycles. The third kappa shape index (κ3) is 14.3. The molecule has 16 N–H and O–H groups in total. The number of allylic oxidation sites excluding steroid dienone is 2. The maximum atomic E-state index is 13.7. The van der Waals surface area contributed by atoms with Crippen LogP contribution in [0.3, 0.4) is 0 Å². The molecule has 4 aliphatic heterocycles. The summed E-state index contributed by atoms with van der Waals surface area (Å²) in [5, 5.41) is 41.2. The number of hydrogen-bond donors (Lipinski definition) is 13. The Kier molecular flexibility index (Phi) is 19.3. The monoisotopic (exact) mass is 1230 g/mol. The normalized spacial score (nSPS) is 20.2. The summed E-state index contributed by atoms with van der Waals surface area (Å²) in [6, 6.07) is -0.212. The fraction of sp³-hybridized carbons (Fsp3) is 0.442. The lowest BCUT2D eigenvalue weighted by molar-refractivity contribution is -0.141. The Morgan fingerprint density at radius 3 is 2.28 bits per heavy atom. The number of benzene rings is 1. The lowest BCUT2D eigenvalue weighted by atomic mass is 9.85. The van der Waals surface area contributed by atoms with Gasteiger partial charge in [0.2, 0.25) is 53.0 Å². The first kappa shape index (κ1) is 62.8. The first-order valence-electron chi connectivity index (χ1n) is 27.0. The fourth-order valence-electron chi connectivity index (χ4n) is 10.8. The number of H-pyrrole nitrogens is 1. The number of methoxy groups -OCH3 is 1. The number of carboxylic acid groups (broad SMARTS) is 2. The standard InChI is InChI=1S/C52H61N17O17S/c1-21-40(74)39-35(41(75)42(21)85-2)25(19-86-52(56)84)37-38-29(18-68(37)39)69(38)33(72)11-13-67-34(73)14-30(47(67)79)87-20-28(49(82)83)63-32(71)17-60-45(77)26(4-3-12-57-50(53)54)62-31(70)10-9-27(48(80)81)64-44(76)22-5-7-23(8-6-22)58-15-24-16-59-43-36(61-24)46(78)66-51(55)65-43/h5-8,16,25-30,37-38,58H,3-4,9-15,17-20H2,1-2H3,(H2,56,84)(H,60,77)(H,62,70)(H,63,71)(H,64,76)(H,80,81)(H,82,83)(H4,53,54,57)(H3,55,59,65,66,78)/t25-,26+,27+,28+,29+,30?,37?,38+,69?/m0/s1. The fourth-order valence-corrected chi connectivity index (χ4v) is 11.9. The molecule has 8 rings (SSSR count). The third-order valence-corrected chi connectivity index (χ3v) is 16.2. The quantitative estimate of drug-likeness (QED) is 0.00820. The van der Waals surface area contributed by atoms with Crippen LogP contribution in [0.5, 0.6) is 0 Å². The number of likely N-dealkylation sites (tertiary alicyclic amines) is 1. The van der Waals surface area contributed by atoms with Crippen LogP contribution in [0.25, 0.3) is 11.2 Å². The van der Waals surface area contributed by atoms with Crippen molar-refractivity contribution >= 4 is 111 Å². The molecule has 3 fully saturated rings. The van der Waals surface area contributed by atoms with Crippen LogP contribution in [0, 0.1) is 11.3 Å². The van der Waals surface area contributed by atoms with Gasteiger partial charge in [-0.2, -0.15) is 4.98 Å². The summed E-state index contributed by atoms with van der Waals surface area (Å²) in [6.07, 6.45) is -1.23. The number of nitrogens with two attached hydrogens (primary N) is 3. The molecule has 462 valence electrons. The van der Waals surface area contributed by atoms with E-state index in [-0.39, 0.29) is 110 Å². The molecule has 0 saturated carbocycles. The number of nitrogens with one attached hydrogen (secondary N) is 8. The van der Waals surface area contributed by atoms with Gasteiger partial charge in [0.1, 0.15) is 24.7 Å². The zero-order valence-electron chi connectivity index (χ0n) is 46.5. The van der Waals surface area contributed by atoms with E-state index in [1.165, 1.54) is 49.4 Å². The number of nitrogen functional groups attached to an aromatic ring is 1. The molecule has 0 bridgehead atoms. The van der Waals surface area contributed by atoms with Gasteiger partial charge in [-0.05, 0) is 50.5 Å². The van der Waals surface area contributed by atoms with Gasteiger partial charge in [-0.15, -0.1) is 11.8 Å². The largest absolute Gasteiger partial charge is 0.492 e. The zero-order valence-corrected chi connectivity index (χ0v) is 47.4. The Morgan fingerprint density at radius 1 is 0.885 bits per heavy atom. The number of ketones is 2. The SMILES string of the molecule is COC1=C(C)C(=O)C2=C(C1=O)[C@H](COC(N)=O)C1[C@H]3[C@@H](CN21)N3C(=O)CCN1C(=O)CC(SC[C@@H](NC(=O)CNC(=O)[C@@H](CCCNC(=N)N)NC(=O)CC[C@@H](NC(=O)c2ccc(NCc3cnc4nc(N)[nH]c(=O)c4n3)cc2)C(=O)O)C(=O)O)C1=O. The Labute approximate surface area is 496 Å². The van der Waals surface area contributed by atoms with E-state index < -0.39 is 149 Å². The van der Waals surface area contributed by atoms with E-state index >= 15 is 0 Å². The summed E-state index contributed by atoms with van der Waals surface area (Å²) in [7, 11) is 1.25. The van der Waals surface area contributed by atoms with Crippen molar-refractivity contribution in [1.82, 2.24) is 61.2 Å². The van der Waals surface area contributed by atoms with E-state index in [0.29, 0.717) is 11.4 Å². The van der Waals surface area contributed by atoms with Crippen molar-refractivity contribution in [1.29, 1.82) is 5.41 Å². The summed E-state index contributed by atoms with van der Waals surface area (Å²) >= 11 is 0.768. The summed E-state index contributed by atoms with van der Waals surface area (Å²) in [6.45, 7) is 0.364. The predicted octanol–water partition coefficient (Wildman–Crippen LogP) is -4.13. The smallest absolute Gasteiger partial charge is 0.404 e.